The van der Waals surface area contributed by atoms with Crippen molar-refractivity contribution in [2.24, 2.45) is 0 Å². The van der Waals surface area contributed by atoms with Gasteiger partial charge in [-0.25, -0.2) is 8.42 Å². The number of carbonyl (C=O) groups excluding carboxylic acids is 2. The predicted octanol–water partition coefficient (Wildman–Crippen LogP) is 3.08. The smallest absolute Gasteiger partial charge is 0.262 e. The van der Waals surface area contributed by atoms with E-state index in [0.717, 1.165) is 16.7 Å². The van der Waals surface area contributed by atoms with Gasteiger partial charge in [0, 0.05) is 6.26 Å². The Labute approximate surface area is 165 Å². The Bertz CT molecular complexity index is 1060. The molecule has 0 spiro atoms. The normalized spacial score (nSPS) is 14.9. The van der Waals surface area contributed by atoms with E-state index in [-0.39, 0.29) is 5.75 Å². The Hall–Kier alpha value is -2.67. The van der Waals surface area contributed by atoms with Gasteiger partial charge in [-0.2, -0.15) is 0 Å². The number of hydrogen-bond acceptors (Lipinski definition) is 5. The molecule has 0 bridgehead atoms. The van der Waals surface area contributed by atoms with Crippen LogP contribution in [0.15, 0.2) is 36.4 Å². The fraction of sp³-hybridized carbons (Fsp3) is 0.333. The van der Waals surface area contributed by atoms with Gasteiger partial charge in [-0.15, -0.1) is 0 Å². The summed E-state index contributed by atoms with van der Waals surface area (Å²) in [7, 11) is -3.48. The van der Waals surface area contributed by atoms with Crippen molar-refractivity contribution in [2.75, 3.05) is 18.6 Å². The average Bonchev–Trinajstić information content (AvgIpc) is 2.86. The second kappa shape index (κ2) is 7.39. The molecule has 28 heavy (non-hydrogen) atoms. The highest BCUT2D eigenvalue weighted by Gasteiger charge is 2.42. The van der Waals surface area contributed by atoms with E-state index >= 15 is 0 Å². The molecule has 0 aromatic heterocycles. The quantitative estimate of drug-likeness (QED) is 0.695. The van der Waals surface area contributed by atoms with Crippen LogP contribution in [0, 0.1) is 13.8 Å². The van der Waals surface area contributed by atoms with Crippen LogP contribution < -0.4 is 4.74 Å². The minimum absolute atomic E-state index is 0.306. The lowest BCUT2D eigenvalue weighted by molar-refractivity contribution is 0.0597. The summed E-state index contributed by atoms with van der Waals surface area (Å²) in [4.78, 5) is 27.2. The summed E-state index contributed by atoms with van der Waals surface area (Å²) in [6, 6.07) is 9.40. The third-order valence-corrected chi connectivity index (χ3v) is 5.75. The first-order chi connectivity index (χ1) is 13.1. The molecule has 7 heteroatoms. The van der Waals surface area contributed by atoms with Crippen molar-refractivity contribution in [3.63, 3.8) is 0 Å². The minimum Gasteiger partial charge on any atom is -0.494 e. The zero-order chi connectivity index (χ0) is 20.6. The third kappa shape index (κ3) is 3.67. The highest BCUT2D eigenvalue weighted by atomic mass is 32.2. The van der Waals surface area contributed by atoms with Gasteiger partial charge in [0.2, 0.25) is 0 Å². The molecule has 148 valence electrons. The van der Waals surface area contributed by atoms with Gasteiger partial charge in [-0.3, -0.25) is 14.5 Å². The van der Waals surface area contributed by atoms with Crippen LogP contribution in [0.5, 0.6) is 5.75 Å². The summed E-state index contributed by atoms with van der Waals surface area (Å²) >= 11 is 0. The van der Waals surface area contributed by atoms with Gasteiger partial charge in [-0.05, 0) is 49.6 Å². The Morgan fingerprint density at radius 3 is 2.36 bits per heavy atom. The number of aryl methyl sites for hydroxylation is 2. The highest BCUT2D eigenvalue weighted by molar-refractivity contribution is 7.90. The molecule has 1 unspecified atom stereocenters. The van der Waals surface area contributed by atoms with Gasteiger partial charge in [0.25, 0.3) is 11.8 Å². The summed E-state index contributed by atoms with van der Waals surface area (Å²) in [5, 5.41) is 0. The number of imide groups is 1. The molecule has 3 rings (SSSR count). The first-order valence-electron chi connectivity index (χ1n) is 9.02. The van der Waals surface area contributed by atoms with Crippen LogP contribution in [0.3, 0.4) is 0 Å². The van der Waals surface area contributed by atoms with E-state index in [0.29, 0.717) is 34.6 Å². The summed E-state index contributed by atoms with van der Waals surface area (Å²) in [5.74, 6) is -0.695. The third-order valence-electron chi connectivity index (χ3n) is 4.82. The van der Waals surface area contributed by atoms with Gasteiger partial charge in [0.15, 0.2) is 0 Å². The summed E-state index contributed by atoms with van der Waals surface area (Å²) in [6.07, 6.45) is 1.10. The average molecular weight is 401 g/mol. The number of hydrogen-bond donors (Lipinski definition) is 0. The molecule has 1 atom stereocenters. The molecule has 2 amide bonds. The van der Waals surface area contributed by atoms with E-state index in [4.69, 9.17) is 4.74 Å². The van der Waals surface area contributed by atoms with Crippen molar-refractivity contribution in [2.45, 2.75) is 26.8 Å². The topological polar surface area (TPSA) is 80.8 Å². The molecule has 1 heterocycles. The summed E-state index contributed by atoms with van der Waals surface area (Å²) in [5.41, 5.74) is 2.77. The molecule has 2 aromatic carbocycles. The van der Waals surface area contributed by atoms with Crippen LogP contribution in [0.2, 0.25) is 0 Å². The first kappa shape index (κ1) is 20.1. The fourth-order valence-electron chi connectivity index (χ4n) is 3.50. The van der Waals surface area contributed by atoms with E-state index in [2.05, 4.69) is 0 Å². The van der Waals surface area contributed by atoms with Gasteiger partial charge in [0.05, 0.1) is 29.5 Å². The van der Waals surface area contributed by atoms with E-state index in [1.165, 1.54) is 0 Å². The van der Waals surface area contributed by atoms with Crippen molar-refractivity contribution >= 4 is 21.7 Å². The number of ether oxygens (including phenoxy) is 1. The molecule has 0 radical (unpaired) electrons. The Morgan fingerprint density at radius 1 is 1.04 bits per heavy atom. The Morgan fingerprint density at radius 2 is 1.75 bits per heavy atom. The van der Waals surface area contributed by atoms with E-state index < -0.39 is 27.7 Å². The Balaban J connectivity index is 2.13. The standard InChI is InChI=1S/C21H23NO5S/c1-5-27-18-11-15(10-9-13(18)2)17(12-28(4,25)26)22-20(23)16-8-6-7-14(3)19(16)21(22)24/h6-11,17H,5,12H2,1-4H3. The lowest BCUT2D eigenvalue weighted by atomic mass is 10.0. The van der Waals surface area contributed by atoms with Crippen molar-refractivity contribution in [3.8, 4) is 5.75 Å². The van der Waals surface area contributed by atoms with Crippen LogP contribution in [0.4, 0.5) is 0 Å². The maximum atomic E-state index is 13.1. The number of sulfone groups is 1. The van der Waals surface area contributed by atoms with Crippen molar-refractivity contribution in [1.29, 1.82) is 0 Å². The second-order valence-electron chi connectivity index (χ2n) is 7.04. The van der Waals surface area contributed by atoms with Gasteiger partial charge >= 0.3 is 0 Å². The first-order valence-corrected chi connectivity index (χ1v) is 11.1. The van der Waals surface area contributed by atoms with Crippen molar-refractivity contribution < 1.29 is 22.7 Å². The Kier molecular flexibility index (Phi) is 5.30. The number of benzene rings is 2. The molecule has 6 nitrogen and oxygen atoms in total. The molecule has 2 aromatic rings. The number of fused-ring (bicyclic) bond motifs is 1. The number of carbonyl (C=O) groups is 2. The second-order valence-corrected chi connectivity index (χ2v) is 9.23. The zero-order valence-corrected chi connectivity index (χ0v) is 17.2. The predicted molar refractivity (Wildman–Crippen MR) is 106 cm³/mol. The van der Waals surface area contributed by atoms with Crippen LogP contribution in [0.25, 0.3) is 0 Å². The molecule has 0 N–H and O–H groups in total. The minimum atomic E-state index is -3.48. The molecule has 0 saturated heterocycles. The zero-order valence-electron chi connectivity index (χ0n) is 16.4. The number of nitrogens with zero attached hydrogens (tertiary/aromatic N) is 1. The monoisotopic (exact) mass is 401 g/mol. The van der Waals surface area contributed by atoms with Gasteiger partial charge < -0.3 is 4.74 Å². The van der Waals surface area contributed by atoms with Crippen molar-refractivity contribution in [1.82, 2.24) is 4.90 Å². The molecule has 1 aliphatic heterocycles. The SMILES string of the molecule is CCOc1cc(C(CS(C)(=O)=O)N2C(=O)c3cccc(C)c3C2=O)ccc1C. The van der Waals surface area contributed by atoms with Crippen LogP contribution >= 0.6 is 0 Å². The highest BCUT2D eigenvalue weighted by Crippen LogP contribution is 2.35. The molecular formula is C21H23NO5S. The van der Waals surface area contributed by atoms with Crippen molar-refractivity contribution in [3.05, 3.63) is 64.2 Å². The number of amides is 2. The van der Waals surface area contributed by atoms with Gasteiger partial charge in [-0.1, -0.05) is 24.3 Å². The summed E-state index contributed by atoms with van der Waals surface area (Å²) in [6.45, 7) is 5.95. The molecule has 1 aliphatic rings. The molecule has 0 aliphatic carbocycles. The van der Waals surface area contributed by atoms with Crippen LogP contribution in [-0.2, 0) is 9.84 Å². The van der Waals surface area contributed by atoms with Crippen LogP contribution in [0.1, 0.15) is 50.4 Å². The fourth-order valence-corrected chi connectivity index (χ4v) is 4.41. The maximum Gasteiger partial charge on any atom is 0.262 e. The van der Waals surface area contributed by atoms with E-state index in [1.54, 1.807) is 43.3 Å². The summed E-state index contributed by atoms with van der Waals surface area (Å²) < 4.78 is 29.9. The van der Waals surface area contributed by atoms with E-state index in [1.807, 2.05) is 13.8 Å². The van der Waals surface area contributed by atoms with E-state index in [9.17, 15) is 18.0 Å². The van der Waals surface area contributed by atoms with Gasteiger partial charge in [0.1, 0.15) is 15.6 Å². The molecule has 0 saturated carbocycles. The lowest BCUT2D eigenvalue weighted by Crippen LogP contribution is -2.37. The molecular weight excluding hydrogens is 378 g/mol. The maximum absolute atomic E-state index is 13.1. The molecule has 0 fully saturated rings. The lowest BCUT2D eigenvalue weighted by Gasteiger charge is -2.26. The van der Waals surface area contributed by atoms with Crippen LogP contribution in [-0.4, -0.2) is 43.7 Å². The number of rotatable bonds is 6. The largest absolute Gasteiger partial charge is 0.494 e.